The van der Waals surface area contributed by atoms with Crippen LogP contribution in [0.2, 0.25) is 5.02 Å². The molecule has 0 amide bonds. The zero-order chi connectivity index (χ0) is 12.0. The Kier molecular flexibility index (Phi) is 5.10. The lowest BCUT2D eigenvalue weighted by Crippen LogP contribution is -2.19. The highest BCUT2D eigenvalue weighted by atomic mass is 35.5. The Labute approximate surface area is 101 Å². The molecule has 0 aromatic heterocycles. The van der Waals surface area contributed by atoms with Crippen molar-refractivity contribution in [3.05, 3.63) is 28.8 Å². The Balaban J connectivity index is 2.74. The van der Waals surface area contributed by atoms with Crippen LogP contribution in [-0.2, 0) is 0 Å². The first-order valence-corrected chi connectivity index (χ1v) is 5.66. The monoisotopic (exact) mass is 238 g/mol. The molecule has 1 unspecified atom stereocenters. The number of aliphatic hydroxyl groups is 1. The van der Waals surface area contributed by atoms with E-state index in [0.29, 0.717) is 17.0 Å². The highest BCUT2D eigenvalue weighted by Gasteiger charge is 2.06. The molecule has 0 aliphatic heterocycles. The molecule has 0 saturated carbocycles. The van der Waals surface area contributed by atoms with Crippen molar-refractivity contribution in [3.8, 4) is 6.07 Å². The molecule has 0 radical (unpaired) electrons. The predicted molar refractivity (Wildman–Crippen MR) is 65.6 cm³/mol. The van der Waals surface area contributed by atoms with Gasteiger partial charge >= 0.3 is 0 Å². The minimum atomic E-state index is 0.162. The smallest absolute Gasteiger partial charge is 0.101 e. The molecule has 1 aromatic carbocycles. The lowest BCUT2D eigenvalue weighted by molar-refractivity contribution is 0.278. The fraction of sp³-hybridized carbons (Fsp3) is 0.417. The van der Waals surface area contributed by atoms with Crippen molar-refractivity contribution in [2.75, 3.05) is 11.9 Å². The number of hydrogen-bond acceptors (Lipinski definition) is 3. The minimum absolute atomic E-state index is 0.162. The van der Waals surface area contributed by atoms with Gasteiger partial charge in [0, 0.05) is 18.3 Å². The molecular formula is C12H15ClN2O. The van der Waals surface area contributed by atoms with Crippen LogP contribution in [-0.4, -0.2) is 17.8 Å². The van der Waals surface area contributed by atoms with Crippen LogP contribution in [0.1, 0.15) is 25.3 Å². The second-order valence-electron chi connectivity index (χ2n) is 3.57. The zero-order valence-corrected chi connectivity index (χ0v) is 9.96. The Morgan fingerprint density at radius 3 is 2.81 bits per heavy atom. The zero-order valence-electron chi connectivity index (χ0n) is 9.20. The van der Waals surface area contributed by atoms with Gasteiger partial charge in [-0.3, -0.25) is 0 Å². The topological polar surface area (TPSA) is 56.0 Å². The number of aliphatic hydroxyl groups excluding tert-OH is 1. The third-order valence-electron chi connectivity index (χ3n) is 2.43. The summed E-state index contributed by atoms with van der Waals surface area (Å²) in [6.45, 7) is 2.22. The van der Waals surface area contributed by atoms with Crippen LogP contribution < -0.4 is 5.32 Å². The van der Waals surface area contributed by atoms with E-state index in [4.69, 9.17) is 22.0 Å². The summed E-state index contributed by atoms with van der Waals surface area (Å²) in [5, 5.41) is 21.3. The van der Waals surface area contributed by atoms with Crippen LogP contribution in [0.15, 0.2) is 18.2 Å². The van der Waals surface area contributed by atoms with Gasteiger partial charge in [0.25, 0.3) is 0 Å². The third kappa shape index (κ3) is 3.41. The number of anilines is 1. The molecule has 3 nitrogen and oxygen atoms in total. The molecule has 1 aromatic rings. The standard InChI is InChI=1S/C12H15ClN2O/c1-2-10(5-6-16)15-11-4-3-9(8-14)12(13)7-11/h3-4,7,10,15-16H,2,5-6H2,1H3. The van der Waals surface area contributed by atoms with E-state index in [9.17, 15) is 0 Å². The molecule has 4 heteroatoms. The Morgan fingerprint density at radius 1 is 1.56 bits per heavy atom. The van der Waals surface area contributed by atoms with Crippen molar-refractivity contribution in [1.82, 2.24) is 0 Å². The number of nitrogens with one attached hydrogen (secondary N) is 1. The first kappa shape index (κ1) is 12.8. The van der Waals surface area contributed by atoms with Crippen molar-refractivity contribution in [2.24, 2.45) is 0 Å². The van der Waals surface area contributed by atoms with Gasteiger partial charge in [-0.2, -0.15) is 5.26 Å². The molecule has 0 bridgehead atoms. The molecule has 0 aliphatic rings. The summed E-state index contributed by atoms with van der Waals surface area (Å²) in [4.78, 5) is 0. The minimum Gasteiger partial charge on any atom is -0.396 e. The highest BCUT2D eigenvalue weighted by Crippen LogP contribution is 2.21. The maximum Gasteiger partial charge on any atom is 0.101 e. The van der Waals surface area contributed by atoms with Crippen LogP contribution in [0, 0.1) is 11.3 Å². The van der Waals surface area contributed by atoms with Crippen molar-refractivity contribution in [2.45, 2.75) is 25.8 Å². The van der Waals surface area contributed by atoms with E-state index in [1.54, 1.807) is 12.1 Å². The molecular weight excluding hydrogens is 224 g/mol. The summed E-state index contributed by atoms with van der Waals surface area (Å²) in [5.41, 5.74) is 1.35. The summed E-state index contributed by atoms with van der Waals surface area (Å²) in [5.74, 6) is 0. The number of nitriles is 1. The van der Waals surface area contributed by atoms with Crippen LogP contribution in [0.5, 0.6) is 0 Å². The fourth-order valence-corrected chi connectivity index (χ4v) is 1.69. The van der Waals surface area contributed by atoms with Crippen molar-refractivity contribution < 1.29 is 5.11 Å². The molecule has 86 valence electrons. The van der Waals surface area contributed by atoms with Gasteiger partial charge in [-0.25, -0.2) is 0 Å². The molecule has 0 aliphatic carbocycles. The average molecular weight is 239 g/mol. The molecule has 0 fully saturated rings. The van der Waals surface area contributed by atoms with Gasteiger partial charge in [-0.05, 0) is 31.0 Å². The largest absolute Gasteiger partial charge is 0.396 e. The number of benzene rings is 1. The van der Waals surface area contributed by atoms with E-state index >= 15 is 0 Å². The van der Waals surface area contributed by atoms with Gasteiger partial charge in [0.2, 0.25) is 0 Å². The van der Waals surface area contributed by atoms with E-state index in [1.807, 2.05) is 12.1 Å². The van der Waals surface area contributed by atoms with Crippen LogP contribution in [0.25, 0.3) is 0 Å². The Morgan fingerprint density at radius 2 is 2.31 bits per heavy atom. The lowest BCUT2D eigenvalue weighted by atomic mass is 10.1. The molecule has 16 heavy (non-hydrogen) atoms. The molecule has 1 rings (SSSR count). The summed E-state index contributed by atoms with van der Waals surface area (Å²) in [6, 6.07) is 7.50. The highest BCUT2D eigenvalue weighted by molar-refractivity contribution is 6.32. The quantitative estimate of drug-likeness (QED) is 0.830. The fourth-order valence-electron chi connectivity index (χ4n) is 1.47. The second-order valence-corrected chi connectivity index (χ2v) is 3.98. The van der Waals surface area contributed by atoms with Gasteiger partial charge in [-0.1, -0.05) is 18.5 Å². The SMILES string of the molecule is CCC(CCO)Nc1ccc(C#N)c(Cl)c1. The van der Waals surface area contributed by atoms with E-state index in [0.717, 1.165) is 12.1 Å². The van der Waals surface area contributed by atoms with E-state index in [1.165, 1.54) is 0 Å². The number of hydrogen-bond donors (Lipinski definition) is 2. The van der Waals surface area contributed by atoms with E-state index < -0.39 is 0 Å². The summed E-state index contributed by atoms with van der Waals surface area (Å²) in [7, 11) is 0. The summed E-state index contributed by atoms with van der Waals surface area (Å²) in [6.07, 6.45) is 1.63. The van der Waals surface area contributed by atoms with Crippen molar-refractivity contribution in [3.63, 3.8) is 0 Å². The normalized spacial score (nSPS) is 11.9. The Hall–Kier alpha value is -1.24. The van der Waals surface area contributed by atoms with Gasteiger partial charge in [0.15, 0.2) is 0 Å². The van der Waals surface area contributed by atoms with Gasteiger partial charge in [0.05, 0.1) is 10.6 Å². The average Bonchev–Trinajstić information content (AvgIpc) is 2.28. The van der Waals surface area contributed by atoms with E-state index in [-0.39, 0.29) is 12.6 Å². The number of halogens is 1. The maximum absolute atomic E-state index is 8.87. The summed E-state index contributed by atoms with van der Waals surface area (Å²) >= 11 is 5.92. The lowest BCUT2D eigenvalue weighted by Gasteiger charge is -2.17. The van der Waals surface area contributed by atoms with Crippen LogP contribution >= 0.6 is 11.6 Å². The molecule has 0 saturated heterocycles. The molecule has 1 atom stereocenters. The van der Waals surface area contributed by atoms with Crippen LogP contribution in [0.4, 0.5) is 5.69 Å². The number of rotatable bonds is 5. The van der Waals surface area contributed by atoms with E-state index in [2.05, 4.69) is 12.2 Å². The third-order valence-corrected chi connectivity index (χ3v) is 2.74. The Bertz CT molecular complexity index is 387. The first-order chi connectivity index (χ1) is 7.71. The second kappa shape index (κ2) is 6.37. The molecule has 0 heterocycles. The molecule has 0 spiro atoms. The number of nitrogens with zero attached hydrogens (tertiary/aromatic N) is 1. The van der Waals surface area contributed by atoms with Gasteiger partial charge < -0.3 is 10.4 Å². The molecule has 2 N–H and O–H groups in total. The van der Waals surface area contributed by atoms with Crippen LogP contribution in [0.3, 0.4) is 0 Å². The maximum atomic E-state index is 8.87. The van der Waals surface area contributed by atoms with Gasteiger partial charge in [0.1, 0.15) is 6.07 Å². The summed E-state index contributed by atoms with van der Waals surface area (Å²) < 4.78 is 0. The predicted octanol–water partition coefficient (Wildman–Crippen LogP) is 2.78. The van der Waals surface area contributed by atoms with Crippen molar-refractivity contribution >= 4 is 17.3 Å². The first-order valence-electron chi connectivity index (χ1n) is 5.28. The van der Waals surface area contributed by atoms with Crippen molar-refractivity contribution in [1.29, 1.82) is 5.26 Å². The van der Waals surface area contributed by atoms with Gasteiger partial charge in [-0.15, -0.1) is 0 Å².